The molecule has 0 fully saturated rings. The zero-order valence-electron chi connectivity index (χ0n) is 18.5. The lowest BCUT2D eigenvalue weighted by Gasteiger charge is -2.34. The van der Waals surface area contributed by atoms with Crippen molar-refractivity contribution >= 4 is 23.2 Å². The number of carbonyl (C=O) groups is 1. The van der Waals surface area contributed by atoms with Gasteiger partial charge in [0, 0.05) is 11.1 Å². The van der Waals surface area contributed by atoms with Gasteiger partial charge in [-0.1, -0.05) is 106 Å². The van der Waals surface area contributed by atoms with Crippen molar-refractivity contribution in [3.05, 3.63) is 102 Å². The third kappa shape index (κ3) is 3.89. The summed E-state index contributed by atoms with van der Waals surface area (Å²) in [6.45, 7) is 3.91. The van der Waals surface area contributed by atoms with E-state index < -0.39 is 17.3 Å². The van der Waals surface area contributed by atoms with Crippen molar-refractivity contribution in [3.8, 4) is 0 Å². The highest BCUT2D eigenvalue weighted by atomic mass is 16.4. The van der Waals surface area contributed by atoms with Gasteiger partial charge in [-0.05, 0) is 18.1 Å². The number of aliphatic carboxylic acids is 1. The third-order valence-electron chi connectivity index (χ3n) is 6.36. The zero-order chi connectivity index (χ0) is 22.6. The van der Waals surface area contributed by atoms with Crippen molar-refractivity contribution in [1.29, 1.82) is 0 Å². The standard InChI is InChI=1S/C28H28N2O2/c1-3-4-19-28(20(2)26(31)32)23-17-11-12-18-24(23)29-27(28)30-25(21-13-7-5-8-14-21)22-15-9-6-10-16-22/h5-18,20H,3-4,19H2,1-2H3,(H,31,32). The van der Waals surface area contributed by atoms with Gasteiger partial charge in [0.05, 0.1) is 22.7 Å². The smallest absolute Gasteiger partial charge is 0.307 e. The molecule has 0 saturated heterocycles. The van der Waals surface area contributed by atoms with E-state index in [0.717, 1.165) is 40.9 Å². The van der Waals surface area contributed by atoms with Gasteiger partial charge >= 0.3 is 5.97 Å². The summed E-state index contributed by atoms with van der Waals surface area (Å²) in [5, 5.41) is 10.1. The molecule has 0 bridgehead atoms. The van der Waals surface area contributed by atoms with Crippen LogP contribution in [-0.2, 0) is 10.2 Å². The van der Waals surface area contributed by atoms with Crippen LogP contribution in [0.2, 0.25) is 0 Å². The van der Waals surface area contributed by atoms with Gasteiger partial charge in [-0.3, -0.25) is 4.79 Å². The summed E-state index contributed by atoms with van der Waals surface area (Å²) >= 11 is 0. The first kappa shape index (κ1) is 21.7. The van der Waals surface area contributed by atoms with Crippen LogP contribution in [0.4, 0.5) is 5.69 Å². The van der Waals surface area contributed by atoms with Crippen LogP contribution in [0.1, 0.15) is 49.8 Å². The highest BCUT2D eigenvalue weighted by Gasteiger charge is 2.50. The average Bonchev–Trinajstić information content (AvgIpc) is 3.15. The Morgan fingerprint density at radius 1 is 0.938 bits per heavy atom. The van der Waals surface area contributed by atoms with E-state index in [4.69, 9.17) is 9.98 Å². The molecule has 32 heavy (non-hydrogen) atoms. The fraction of sp³-hybridized carbons (Fsp3) is 0.250. The van der Waals surface area contributed by atoms with Gasteiger partial charge < -0.3 is 5.11 Å². The fourth-order valence-corrected chi connectivity index (χ4v) is 4.56. The molecule has 0 amide bonds. The number of para-hydroxylation sites is 1. The molecule has 1 aliphatic rings. The van der Waals surface area contributed by atoms with Crippen molar-refractivity contribution in [1.82, 2.24) is 0 Å². The van der Waals surface area contributed by atoms with E-state index in [1.807, 2.05) is 84.9 Å². The molecule has 1 N–H and O–H groups in total. The highest BCUT2D eigenvalue weighted by molar-refractivity contribution is 6.20. The number of rotatable bonds is 7. The van der Waals surface area contributed by atoms with E-state index >= 15 is 0 Å². The van der Waals surface area contributed by atoms with Gasteiger partial charge in [0.25, 0.3) is 0 Å². The van der Waals surface area contributed by atoms with Crippen molar-refractivity contribution in [2.75, 3.05) is 0 Å². The lowest BCUT2D eigenvalue weighted by atomic mass is 9.67. The molecule has 4 rings (SSSR count). The van der Waals surface area contributed by atoms with E-state index in [9.17, 15) is 9.90 Å². The van der Waals surface area contributed by atoms with E-state index in [-0.39, 0.29) is 0 Å². The Bertz CT molecular complexity index is 1110. The lowest BCUT2D eigenvalue weighted by Crippen LogP contribution is -2.43. The van der Waals surface area contributed by atoms with Gasteiger partial charge in [-0.25, -0.2) is 9.98 Å². The van der Waals surface area contributed by atoms with Crippen LogP contribution in [0.3, 0.4) is 0 Å². The molecule has 0 aromatic heterocycles. The van der Waals surface area contributed by atoms with Crippen molar-refractivity contribution < 1.29 is 9.90 Å². The SMILES string of the molecule is CCCCC1(C(C)C(=O)O)C(N=C(c2ccccc2)c2ccccc2)=Nc2ccccc21. The zero-order valence-corrected chi connectivity index (χ0v) is 18.5. The van der Waals surface area contributed by atoms with Crippen LogP contribution in [-0.4, -0.2) is 22.6 Å². The van der Waals surface area contributed by atoms with Gasteiger partial charge in [-0.15, -0.1) is 0 Å². The minimum absolute atomic E-state index is 0.588. The minimum Gasteiger partial charge on any atom is -0.481 e. The van der Waals surface area contributed by atoms with Crippen molar-refractivity contribution in [2.45, 2.75) is 38.5 Å². The maximum absolute atomic E-state index is 12.3. The summed E-state index contributed by atoms with van der Waals surface area (Å²) < 4.78 is 0. The first-order chi connectivity index (χ1) is 15.6. The number of benzene rings is 3. The molecule has 0 spiro atoms. The van der Waals surface area contributed by atoms with Gasteiger partial charge in [0.15, 0.2) is 0 Å². The van der Waals surface area contributed by atoms with E-state index in [2.05, 4.69) is 6.92 Å². The number of aliphatic imine (C=N–C) groups is 2. The molecule has 162 valence electrons. The molecular weight excluding hydrogens is 396 g/mol. The summed E-state index contributed by atoms with van der Waals surface area (Å²) in [4.78, 5) is 22.4. The van der Waals surface area contributed by atoms with E-state index in [1.54, 1.807) is 6.92 Å². The topological polar surface area (TPSA) is 62.0 Å². The molecular formula is C28H28N2O2. The molecule has 4 nitrogen and oxygen atoms in total. The van der Waals surface area contributed by atoms with Gasteiger partial charge in [0.1, 0.15) is 5.84 Å². The molecule has 1 heterocycles. The minimum atomic E-state index is -0.832. The van der Waals surface area contributed by atoms with Crippen LogP contribution in [0.15, 0.2) is 94.9 Å². The predicted octanol–water partition coefficient (Wildman–Crippen LogP) is 6.42. The average molecular weight is 425 g/mol. The number of unbranched alkanes of at least 4 members (excludes halogenated alkanes) is 1. The maximum atomic E-state index is 12.3. The fourth-order valence-electron chi connectivity index (χ4n) is 4.56. The van der Waals surface area contributed by atoms with Gasteiger partial charge in [-0.2, -0.15) is 0 Å². The van der Waals surface area contributed by atoms with Crippen molar-refractivity contribution in [2.24, 2.45) is 15.9 Å². The molecule has 3 aromatic rings. The van der Waals surface area contributed by atoms with Crippen LogP contribution >= 0.6 is 0 Å². The van der Waals surface area contributed by atoms with Crippen LogP contribution < -0.4 is 0 Å². The number of nitrogens with zero attached hydrogens (tertiary/aromatic N) is 2. The monoisotopic (exact) mass is 424 g/mol. The van der Waals surface area contributed by atoms with Crippen LogP contribution in [0.5, 0.6) is 0 Å². The summed E-state index contributed by atoms with van der Waals surface area (Å²) in [6, 6.07) is 27.9. The molecule has 2 unspecified atom stereocenters. The number of fused-ring (bicyclic) bond motifs is 1. The molecule has 2 atom stereocenters. The Morgan fingerprint density at radius 3 is 2.06 bits per heavy atom. The van der Waals surface area contributed by atoms with Crippen molar-refractivity contribution in [3.63, 3.8) is 0 Å². The number of hydrogen-bond donors (Lipinski definition) is 1. The molecule has 0 radical (unpaired) electrons. The van der Waals surface area contributed by atoms with Crippen LogP contribution in [0, 0.1) is 5.92 Å². The first-order valence-electron chi connectivity index (χ1n) is 11.2. The second kappa shape index (κ2) is 9.31. The Balaban J connectivity index is 1.96. The van der Waals surface area contributed by atoms with E-state index in [1.165, 1.54) is 0 Å². The molecule has 4 heteroatoms. The second-order valence-electron chi connectivity index (χ2n) is 8.28. The molecule has 0 aliphatic carbocycles. The Hall–Kier alpha value is -3.53. The summed E-state index contributed by atoms with van der Waals surface area (Å²) in [5.74, 6) is -0.903. The first-order valence-corrected chi connectivity index (χ1v) is 11.2. The molecule has 1 aliphatic heterocycles. The number of carboxylic acid groups (broad SMARTS) is 1. The predicted molar refractivity (Wildman–Crippen MR) is 130 cm³/mol. The lowest BCUT2D eigenvalue weighted by molar-refractivity contribution is -0.142. The quantitative estimate of drug-likeness (QED) is 0.445. The molecule has 3 aromatic carbocycles. The van der Waals surface area contributed by atoms with Crippen LogP contribution in [0.25, 0.3) is 0 Å². The molecule has 0 saturated carbocycles. The van der Waals surface area contributed by atoms with E-state index in [0.29, 0.717) is 12.3 Å². The summed E-state index contributed by atoms with van der Waals surface area (Å²) in [6.07, 6.45) is 2.55. The summed E-state index contributed by atoms with van der Waals surface area (Å²) in [7, 11) is 0. The number of hydrogen-bond acceptors (Lipinski definition) is 3. The number of carboxylic acids is 1. The highest BCUT2D eigenvalue weighted by Crippen LogP contribution is 2.49. The second-order valence-corrected chi connectivity index (χ2v) is 8.28. The Kier molecular flexibility index (Phi) is 6.31. The third-order valence-corrected chi connectivity index (χ3v) is 6.36. The summed E-state index contributed by atoms with van der Waals surface area (Å²) in [5.41, 5.74) is 3.76. The normalized spacial score (nSPS) is 17.9. The number of amidine groups is 1. The Morgan fingerprint density at radius 2 is 1.50 bits per heavy atom. The largest absolute Gasteiger partial charge is 0.481 e. The maximum Gasteiger partial charge on any atom is 0.307 e. The Labute approximate surface area is 189 Å². The van der Waals surface area contributed by atoms with Gasteiger partial charge in [0.2, 0.25) is 0 Å².